The van der Waals surface area contributed by atoms with Crippen LogP contribution in [0.1, 0.15) is 22.0 Å². The quantitative estimate of drug-likeness (QED) is 0.607. The van der Waals surface area contributed by atoms with Crippen molar-refractivity contribution in [2.24, 2.45) is 0 Å². The molecule has 0 aromatic carbocycles. The number of alkyl halides is 1. The SMILES string of the molecule is [2H]C([2H])(O)C12CCCN1CC(F)C2. The highest BCUT2D eigenvalue weighted by Gasteiger charge is 2.47. The highest BCUT2D eigenvalue weighted by molar-refractivity contribution is 5.03. The summed E-state index contributed by atoms with van der Waals surface area (Å²) in [4.78, 5) is 1.76. The molecule has 2 fully saturated rings. The highest BCUT2D eigenvalue weighted by atomic mass is 19.1. The molecule has 0 aromatic heterocycles. The molecule has 0 aromatic rings. The molecule has 11 heavy (non-hydrogen) atoms. The highest BCUT2D eigenvalue weighted by Crippen LogP contribution is 2.39. The van der Waals surface area contributed by atoms with E-state index in [-0.39, 0.29) is 13.0 Å². The van der Waals surface area contributed by atoms with Gasteiger partial charge in [-0.15, -0.1) is 0 Å². The Morgan fingerprint density at radius 1 is 1.82 bits per heavy atom. The van der Waals surface area contributed by atoms with Gasteiger partial charge in [0.25, 0.3) is 0 Å². The van der Waals surface area contributed by atoms with E-state index in [1.807, 2.05) is 0 Å². The predicted molar refractivity (Wildman–Crippen MR) is 40.1 cm³/mol. The number of hydrogen-bond donors (Lipinski definition) is 1. The van der Waals surface area contributed by atoms with Crippen molar-refractivity contribution in [3.63, 3.8) is 0 Å². The van der Waals surface area contributed by atoms with E-state index in [9.17, 15) is 9.50 Å². The lowest BCUT2D eigenvalue weighted by molar-refractivity contribution is 0.0996. The van der Waals surface area contributed by atoms with Crippen LogP contribution in [0.15, 0.2) is 0 Å². The topological polar surface area (TPSA) is 23.5 Å². The fourth-order valence-electron chi connectivity index (χ4n) is 2.27. The summed E-state index contributed by atoms with van der Waals surface area (Å²) in [6.45, 7) is -1.29. The average molecular weight is 161 g/mol. The Balaban J connectivity index is 2.28. The Labute approximate surface area is 68.8 Å². The van der Waals surface area contributed by atoms with Crippen molar-refractivity contribution in [2.45, 2.75) is 31.0 Å². The van der Waals surface area contributed by atoms with Gasteiger partial charge in [0, 0.05) is 18.5 Å². The molecule has 2 saturated heterocycles. The maximum atomic E-state index is 13.1. The predicted octanol–water partition coefficient (Wildman–Crippen LogP) is 0.555. The van der Waals surface area contributed by atoms with Crippen LogP contribution in [0.3, 0.4) is 0 Å². The lowest BCUT2D eigenvalue weighted by Crippen LogP contribution is -2.41. The maximum absolute atomic E-state index is 13.1. The van der Waals surface area contributed by atoms with Gasteiger partial charge in [-0.05, 0) is 19.4 Å². The standard InChI is InChI=1S/C8H14FNO/c9-7-4-8(6-11)2-1-3-10(8)5-7/h7,11H,1-6H2/i6D2. The third kappa shape index (κ3) is 0.983. The summed E-state index contributed by atoms with van der Waals surface area (Å²) in [7, 11) is 0. The molecule has 0 saturated carbocycles. The number of fused-ring (bicyclic) bond motifs is 1. The molecule has 3 heteroatoms. The van der Waals surface area contributed by atoms with Crippen molar-refractivity contribution in [3.05, 3.63) is 0 Å². The van der Waals surface area contributed by atoms with Crippen molar-refractivity contribution in [3.8, 4) is 0 Å². The van der Waals surface area contributed by atoms with Crippen LogP contribution in [0.4, 0.5) is 4.39 Å². The molecule has 2 unspecified atom stereocenters. The van der Waals surface area contributed by atoms with Crippen LogP contribution in [0, 0.1) is 0 Å². The molecule has 0 amide bonds. The molecule has 2 atom stereocenters. The van der Waals surface area contributed by atoms with Crippen LogP contribution < -0.4 is 0 Å². The Morgan fingerprint density at radius 3 is 3.27 bits per heavy atom. The van der Waals surface area contributed by atoms with Crippen molar-refractivity contribution in [1.29, 1.82) is 0 Å². The molecule has 0 radical (unpaired) electrons. The lowest BCUT2D eigenvalue weighted by Gasteiger charge is -2.28. The Bertz CT molecular complexity index is 221. The normalized spacial score (nSPS) is 48.7. The Hall–Kier alpha value is -0.150. The molecule has 1 N–H and O–H groups in total. The van der Waals surface area contributed by atoms with Crippen LogP contribution in [0.2, 0.25) is 0 Å². The van der Waals surface area contributed by atoms with Gasteiger partial charge in [-0.2, -0.15) is 0 Å². The first-order chi connectivity index (χ1) is 5.96. The first-order valence-electron chi connectivity index (χ1n) is 5.07. The van der Waals surface area contributed by atoms with E-state index in [1.165, 1.54) is 0 Å². The van der Waals surface area contributed by atoms with E-state index >= 15 is 0 Å². The summed E-state index contributed by atoms with van der Waals surface area (Å²) >= 11 is 0. The number of nitrogens with zero attached hydrogens (tertiary/aromatic N) is 1. The third-order valence-electron chi connectivity index (χ3n) is 2.81. The van der Waals surface area contributed by atoms with Crippen molar-refractivity contribution in [2.75, 3.05) is 19.6 Å². The van der Waals surface area contributed by atoms with Crippen LogP contribution >= 0.6 is 0 Å². The molecule has 2 heterocycles. The summed E-state index contributed by atoms with van der Waals surface area (Å²) in [5.41, 5.74) is -0.938. The van der Waals surface area contributed by atoms with Gasteiger partial charge in [-0.25, -0.2) is 4.39 Å². The zero-order valence-electron chi connectivity index (χ0n) is 8.39. The summed E-state index contributed by atoms with van der Waals surface area (Å²) in [5, 5.41) is 9.42. The van der Waals surface area contributed by atoms with E-state index in [0.717, 1.165) is 6.42 Å². The molecule has 2 nitrogen and oxygen atoms in total. The van der Waals surface area contributed by atoms with Gasteiger partial charge in [-0.3, -0.25) is 4.90 Å². The Kier molecular flexibility index (Phi) is 1.21. The minimum Gasteiger partial charge on any atom is -0.394 e. The molecule has 64 valence electrons. The van der Waals surface area contributed by atoms with Crippen molar-refractivity contribution < 1.29 is 12.2 Å². The number of aliphatic hydroxyl groups is 1. The fourth-order valence-corrected chi connectivity index (χ4v) is 2.27. The minimum absolute atomic E-state index is 0.135. The lowest BCUT2D eigenvalue weighted by atomic mass is 9.95. The maximum Gasteiger partial charge on any atom is 0.115 e. The third-order valence-corrected chi connectivity index (χ3v) is 2.81. The van der Waals surface area contributed by atoms with Gasteiger partial charge >= 0.3 is 0 Å². The number of halogens is 1. The average Bonchev–Trinajstić information content (AvgIpc) is 2.40. The second kappa shape index (κ2) is 2.42. The van der Waals surface area contributed by atoms with Gasteiger partial charge < -0.3 is 5.11 Å². The summed E-state index contributed by atoms with van der Waals surface area (Å²) < 4.78 is 27.8. The molecule has 2 rings (SSSR count). The van der Waals surface area contributed by atoms with Crippen molar-refractivity contribution >= 4 is 0 Å². The molecule has 0 spiro atoms. The number of hydrogen-bond acceptors (Lipinski definition) is 2. The monoisotopic (exact) mass is 161 g/mol. The molecular weight excluding hydrogens is 145 g/mol. The molecule has 2 aliphatic heterocycles. The first-order valence-corrected chi connectivity index (χ1v) is 4.07. The molecular formula is C8H14FNO. The fraction of sp³-hybridized carbons (Fsp3) is 1.00. The van der Waals surface area contributed by atoms with Gasteiger partial charge in [0.15, 0.2) is 0 Å². The van der Waals surface area contributed by atoms with E-state index < -0.39 is 18.3 Å². The number of rotatable bonds is 1. The van der Waals surface area contributed by atoms with Crippen LogP contribution in [0.25, 0.3) is 0 Å². The molecule has 0 bridgehead atoms. The van der Waals surface area contributed by atoms with E-state index in [4.69, 9.17) is 2.74 Å². The van der Waals surface area contributed by atoms with E-state index in [1.54, 1.807) is 4.90 Å². The largest absolute Gasteiger partial charge is 0.394 e. The second-order valence-corrected chi connectivity index (χ2v) is 3.49. The van der Waals surface area contributed by atoms with Crippen LogP contribution in [-0.4, -0.2) is 41.4 Å². The second-order valence-electron chi connectivity index (χ2n) is 3.49. The van der Waals surface area contributed by atoms with Crippen LogP contribution in [0.5, 0.6) is 0 Å². The zero-order valence-corrected chi connectivity index (χ0v) is 6.39. The van der Waals surface area contributed by atoms with E-state index in [0.29, 0.717) is 13.0 Å². The van der Waals surface area contributed by atoms with Gasteiger partial charge in [0.1, 0.15) is 6.17 Å². The Morgan fingerprint density at radius 2 is 2.64 bits per heavy atom. The molecule has 0 aliphatic carbocycles. The first kappa shape index (κ1) is 5.49. The molecule has 2 aliphatic rings. The summed E-state index contributed by atoms with van der Waals surface area (Å²) in [5.74, 6) is 0. The van der Waals surface area contributed by atoms with Gasteiger partial charge in [0.2, 0.25) is 0 Å². The minimum atomic E-state index is -2.27. The van der Waals surface area contributed by atoms with Crippen LogP contribution in [-0.2, 0) is 0 Å². The van der Waals surface area contributed by atoms with Crippen molar-refractivity contribution in [1.82, 2.24) is 4.90 Å². The zero-order chi connectivity index (χ0) is 9.69. The van der Waals surface area contributed by atoms with Gasteiger partial charge in [-0.1, -0.05) is 0 Å². The summed E-state index contributed by atoms with van der Waals surface area (Å²) in [6, 6.07) is 0. The van der Waals surface area contributed by atoms with E-state index in [2.05, 4.69) is 0 Å². The van der Waals surface area contributed by atoms with Gasteiger partial charge in [0.05, 0.1) is 9.30 Å². The smallest absolute Gasteiger partial charge is 0.115 e. The summed E-state index contributed by atoms with van der Waals surface area (Å²) in [6.07, 6.45) is 0.572.